The van der Waals surface area contributed by atoms with Crippen molar-refractivity contribution in [2.75, 3.05) is 24.5 Å². The molecule has 1 aliphatic carbocycles. The van der Waals surface area contributed by atoms with Gasteiger partial charge in [-0.1, -0.05) is 0 Å². The molecule has 0 unspecified atom stereocenters. The van der Waals surface area contributed by atoms with Crippen molar-refractivity contribution in [2.45, 2.75) is 6.42 Å². The van der Waals surface area contributed by atoms with Gasteiger partial charge in [0.05, 0.1) is 11.8 Å². The first-order chi connectivity index (χ1) is 13.6. The van der Waals surface area contributed by atoms with E-state index >= 15 is 0 Å². The van der Waals surface area contributed by atoms with Gasteiger partial charge in [0, 0.05) is 32.0 Å². The Balaban J connectivity index is 1.12. The fourth-order valence-electron chi connectivity index (χ4n) is 4.10. The topological polar surface area (TPSA) is 101 Å². The van der Waals surface area contributed by atoms with E-state index in [1.165, 1.54) is 17.0 Å². The SMILES string of the molecule is O=C(NCC[C@@H]1[C@H]2CN(c3nc(Cl)ncc3F)C[C@@H]12)c1cnc2ncnn2c1. The molecule has 1 amide bonds. The zero-order chi connectivity index (χ0) is 19.3. The van der Waals surface area contributed by atoms with Crippen molar-refractivity contribution >= 4 is 29.1 Å². The summed E-state index contributed by atoms with van der Waals surface area (Å²) in [6.07, 6.45) is 6.48. The molecule has 2 fully saturated rings. The molecule has 3 aromatic heterocycles. The first-order valence-corrected chi connectivity index (χ1v) is 9.34. The van der Waals surface area contributed by atoms with E-state index in [0.29, 0.717) is 35.6 Å². The molecule has 28 heavy (non-hydrogen) atoms. The molecule has 0 bridgehead atoms. The summed E-state index contributed by atoms with van der Waals surface area (Å²) in [7, 11) is 0. The predicted octanol–water partition coefficient (Wildman–Crippen LogP) is 1.21. The second-order valence-electron chi connectivity index (χ2n) is 7.10. The second-order valence-corrected chi connectivity index (χ2v) is 7.44. The number of fused-ring (bicyclic) bond motifs is 2. The van der Waals surface area contributed by atoms with Gasteiger partial charge in [0.1, 0.15) is 6.33 Å². The Morgan fingerprint density at radius 1 is 1.25 bits per heavy atom. The number of aromatic nitrogens is 6. The van der Waals surface area contributed by atoms with Crippen molar-refractivity contribution in [3.8, 4) is 0 Å². The fourth-order valence-corrected chi connectivity index (χ4v) is 4.23. The summed E-state index contributed by atoms with van der Waals surface area (Å²) in [5.41, 5.74) is 0.441. The lowest BCUT2D eigenvalue weighted by Gasteiger charge is -2.21. The van der Waals surface area contributed by atoms with Gasteiger partial charge in [-0.15, -0.1) is 0 Å². The van der Waals surface area contributed by atoms with Crippen molar-refractivity contribution in [2.24, 2.45) is 17.8 Å². The van der Waals surface area contributed by atoms with Crippen LogP contribution in [0.4, 0.5) is 10.2 Å². The summed E-state index contributed by atoms with van der Waals surface area (Å²) in [5, 5.41) is 6.95. The Morgan fingerprint density at radius 3 is 2.89 bits per heavy atom. The van der Waals surface area contributed by atoms with E-state index in [4.69, 9.17) is 11.6 Å². The van der Waals surface area contributed by atoms with Crippen LogP contribution >= 0.6 is 11.6 Å². The molecule has 1 saturated heterocycles. The highest BCUT2D eigenvalue weighted by molar-refractivity contribution is 6.28. The minimum Gasteiger partial charge on any atom is -0.353 e. The molecular weight excluding hydrogens is 387 g/mol. The van der Waals surface area contributed by atoms with Crippen LogP contribution in [0.1, 0.15) is 16.8 Å². The molecule has 11 heteroatoms. The zero-order valence-electron chi connectivity index (χ0n) is 14.7. The lowest BCUT2D eigenvalue weighted by Crippen LogP contribution is -2.28. The molecule has 0 radical (unpaired) electrons. The lowest BCUT2D eigenvalue weighted by atomic mass is 10.2. The molecule has 5 rings (SSSR count). The number of carbonyl (C=O) groups is 1. The van der Waals surface area contributed by atoms with E-state index in [9.17, 15) is 9.18 Å². The molecule has 0 spiro atoms. The van der Waals surface area contributed by atoms with Crippen molar-refractivity contribution in [1.29, 1.82) is 0 Å². The molecule has 3 aromatic rings. The number of anilines is 1. The Hall–Kier alpha value is -2.88. The summed E-state index contributed by atoms with van der Waals surface area (Å²) in [6, 6.07) is 0. The maximum absolute atomic E-state index is 13.9. The Kier molecular flexibility index (Phi) is 4.08. The number of hydrogen-bond donors (Lipinski definition) is 1. The standard InChI is InChI=1S/C17H16ClFN8O/c18-16-21-4-13(19)14(25-16)26-6-11-10(12(11)7-26)1-2-20-15(28)9-3-22-17-23-8-24-27(17)5-9/h3-5,8,10-12H,1-2,6-7H2,(H,20,28)/t10-,11-,12+. The van der Waals surface area contributed by atoms with Gasteiger partial charge in [-0.2, -0.15) is 15.1 Å². The third kappa shape index (κ3) is 3.03. The molecule has 3 atom stereocenters. The zero-order valence-corrected chi connectivity index (χ0v) is 15.4. The van der Waals surface area contributed by atoms with Crippen LogP contribution in [0, 0.1) is 23.6 Å². The molecule has 4 heterocycles. The smallest absolute Gasteiger partial charge is 0.254 e. The van der Waals surface area contributed by atoms with Crippen LogP contribution in [0.3, 0.4) is 0 Å². The van der Waals surface area contributed by atoms with Gasteiger partial charge in [-0.3, -0.25) is 4.79 Å². The minimum atomic E-state index is -0.451. The van der Waals surface area contributed by atoms with Crippen molar-refractivity contribution < 1.29 is 9.18 Å². The molecule has 144 valence electrons. The maximum atomic E-state index is 13.9. The highest BCUT2D eigenvalue weighted by Gasteiger charge is 2.55. The van der Waals surface area contributed by atoms with Gasteiger partial charge in [-0.25, -0.2) is 18.9 Å². The summed E-state index contributed by atoms with van der Waals surface area (Å²) >= 11 is 5.78. The van der Waals surface area contributed by atoms with E-state index in [-0.39, 0.29) is 17.0 Å². The summed E-state index contributed by atoms with van der Waals surface area (Å²) < 4.78 is 15.4. The quantitative estimate of drug-likeness (QED) is 0.640. The average Bonchev–Trinajstić information content (AvgIpc) is 3.08. The molecule has 1 N–H and O–H groups in total. The fraction of sp³-hybridized carbons (Fsp3) is 0.412. The number of rotatable bonds is 5. The van der Waals surface area contributed by atoms with Gasteiger partial charge < -0.3 is 10.2 Å². The number of nitrogens with one attached hydrogen (secondary N) is 1. The molecule has 0 aromatic carbocycles. The Morgan fingerprint density at radius 2 is 2.07 bits per heavy atom. The normalized spacial score (nSPS) is 23.1. The number of amides is 1. The first kappa shape index (κ1) is 17.2. The predicted molar refractivity (Wildman–Crippen MR) is 97.4 cm³/mol. The number of carbonyl (C=O) groups excluding carboxylic acids is 1. The molecular formula is C17H16ClFN8O. The van der Waals surface area contributed by atoms with Crippen LogP contribution in [0.5, 0.6) is 0 Å². The summed E-state index contributed by atoms with van der Waals surface area (Å²) in [6.45, 7) is 2.08. The van der Waals surface area contributed by atoms with Crippen molar-refractivity contribution in [1.82, 2.24) is 34.9 Å². The monoisotopic (exact) mass is 402 g/mol. The van der Waals surface area contributed by atoms with Gasteiger partial charge in [0.2, 0.25) is 5.28 Å². The maximum Gasteiger partial charge on any atom is 0.254 e. The van der Waals surface area contributed by atoms with E-state index in [1.54, 1.807) is 6.20 Å². The highest BCUT2D eigenvalue weighted by atomic mass is 35.5. The number of nitrogens with zero attached hydrogens (tertiary/aromatic N) is 7. The van der Waals surface area contributed by atoms with Crippen LogP contribution in [0.2, 0.25) is 5.28 Å². The third-order valence-electron chi connectivity index (χ3n) is 5.53. The van der Waals surface area contributed by atoms with Crippen LogP contribution in [-0.2, 0) is 0 Å². The van der Waals surface area contributed by atoms with Crippen LogP contribution in [-0.4, -0.2) is 55.1 Å². The molecule has 2 aliphatic rings. The van der Waals surface area contributed by atoms with Crippen molar-refractivity contribution in [3.63, 3.8) is 0 Å². The van der Waals surface area contributed by atoms with Gasteiger partial charge in [0.15, 0.2) is 11.6 Å². The van der Waals surface area contributed by atoms with E-state index in [0.717, 1.165) is 25.7 Å². The van der Waals surface area contributed by atoms with E-state index in [1.807, 2.05) is 4.90 Å². The molecule has 9 nitrogen and oxygen atoms in total. The van der Waals surface area contributed by atoms with Gasteiger partial charge in [0.25, 0.3) is 11.7 Å². The minimum absolute atomic E-state index is 0.0507. The van der Waals surface area contributed by atoms with Gasteiger partial charge >= 0.3 is 0 Å². The lowest BCUT2D eigenvalue weighted by molar-refractivity contribution is 0.0951. The van der Waals surface area contributed by atoms with Crippen LogP contribution in [0.25, 0.3) is 5.78 Å². The second kappa shape index (κ2) is 6.62. The highest BCUT2D eigenvalue weighted by Crippen LogP contribution is 2.54. The average molecular weight is 403 g/mol. The number of halogens is 2. The summed E-state index contributed by atoms with van der Waals surface area (Å²) in [5.74, 6) is 1.62. The Labute approximate surface area is 164 Å². The Bertz CT molecular complexity index is 1050. The van der Waals surface area contributed by atoms with Gasteiger partial charge in [-0.05, 0) is 35.8 Å². The number of piperidine rings is 1. The summed E-state index contributed by atoms with van der Waals surface area (Å²) in [4.78, 5) is 29.9. The van der Waals surface area contributed by atoms with Crippen LogP contribution < -0.4 is 10.2 Å². The molecule has 1 saturated carbocycles. The largest absolute Gasteiger partial charge is 0.353 e. The van der Waals surface area contributed by atoms with Crippen LogP contribution in [0.15, 0.2) is 24.9 Å². The third-order valence-corrected chi connectivity index (χ3v) is 5.71. The molecule has 1 aliphatic heterocycles. The van der Waals surface area contributed by atoms with E-state index < -0.39 is 5.82 Å². The number of hydrogen-bond acceptors (Lipinski definition) is 7. The van der Waals surface area contributed by atoms with Crippen molar-refractivity contribution in [3.05, 3.63) is 41.6 Å². The van der Waals surface area contributed by atoms with E-state index in [2.05, 4.69) is 30.4 Å². The first-order valence-electron chi connectivity index (χ1n) is 8.97.